The van der Waals surface area contributed by atoms with Crippen LogP contribution in [0, 0.1) is 13.8 Å². The monoisotopic (exact) mass is 338 g/mol. The Morgan fingerprint density at radius 3 is 2.92 bits per heavy atom. The molecule has 4 rings (SSSR count). The summed E-state index contributed by atoms with van der Waals surface area (Å²) < 4.78 is 8.02. The van der Waals surface area contributed by atoms with E-state index in [1.54, 1.807) is 0 Å². The van der Waals surface area contributed by atoms with E-state index in [0.717, 1.165) is 55.9 Å². The van der Waals surface area contributed by atoms with E-state index in [9.17, 15) is 4.79 Å². The molecule has 1 aromatic heterocycles. The number of carbonyl (C=O) groups excluding carboxylic acids is 1. The average molecular weight is 338 g/mol. The van der Waals surface area contributed by atoms with Gasteiger partial charge in [-0.3, -0.25) is 4.79 Å². The lowest BCUT2D eigenvalue weighted by molar-refractivity contribution is 0.0955. The number of aryl methyl sites for hydroxylation is 1. The number of hydrogen-bond acceptors (Lipinski definition) is 3. The lowest BCUT2D eigenvalue weighted by atomic mass is 10.1. The average Bonchev–Trinajstić information content (AvgIpc) is 3.32. The van der Waals surface area contributed by atoms with Gasteiger partial charge >= 0.3 is 0 Å². The van der Waals surface area contributed by atoms with Gasteiger partial charge in [0, 0.05) is 42.3 Å². The number of nitrogens with zero attached hydrogens (tertiary/aromatic N) is 2. The number of benzene rings is 1. The molecule has 1 fully saturated rings. The molecule has 0 aliphatic carbocycles. The number of ketones is 1. The lowest BCUT2D eigenvalue weighted by Crippen LogP contribution is -2.28. The van der Waals surface area contributed by atoms with E-state index in [-0.39, 0.29) is 5.78 Å². The molecule has 0 spiro atoms. The zero-order chi connectivity index (χ0) is 17.4. The Balaban J connectivity index is 1.51. The highest BCUT2D eigenvalue weighted by Crippen LogP contribution is 2.28. The van der Waals surface area contributed by atoms with E-state index in [1.807, 2.05) is 0 Å². The fraction of sp³-hybridized carbons (Fsp3) is 0.476. The number of para-hydroxylation sites is 1. The Morgan fingerprint density at radius 2 is 2.12 bits per heavy atom. The molecular weight excluding hydrogens is 312 g/mol. The first-order valence-corrected chi connectivity index (χ1v) is 9.28. The van der Waals surface area contributed by atoms with Crippen molar-refractivity contribution in [2.75, 3.05) is 24.6 Å². The highest BCUT2D eigenvalue weighted by atomic mass is 16.5. The van der Waals surface area contributed by atoms with E-state index in [0.29, 0.717) is 12.6 Å². The summed E-state index contributed by atoms with van der Waals surface area (Å²) >= 11 is 0. The van der Waals surface area contributed by atoms with Crippen molar-refractivity contribution in [2.24, 2.45) is 0 Å². The van der Waals surface area contributed by atoms with Crippen molar-refractivity contribution in [3.63, 3.8) is 0 Å². The molecular formula is C21H26N2O2. The minimum Gasteiger partial charge on any atom is -0.376 e. The zero-order valence-electron chi connectivity index (χ0n) is 15.1. The Morgan fingerprint density at radius 1 is 1.28 bits per heavy atom. The van der Waals surface area contributed by atoms with Crippen LogP contribution in [-0.4, -0.2) is 36.2 Å². The van der Waals surface area contributed by atoms with Gasteiger partial charge in [0.2, 0.25) is 0 Å². The Labute approximate surface area is 149 Å². The molecule has 25 heavy (non-hydrogen) atoms. The van der Waals surface area contributed by atoms with Crippen molar-refractivity contribution < 1.29 is 9.53 Å². The van der Waals surface area contributed by atoms with Crippen molar-refractivity contribution >= 4 is 11.5 Å². The number of Topliss-reactive ketones (excluding diaryl/α,β-unsaturated/α-hetero) is 1. The number of fused-ring (bicyclic) bond motifs is 1. The fourth-order valence-electron chi connectivity index (χ4n) is 4.19. The van der Waals surface area contributed by atoms with E-state index in [4.69, 9.17) is 4.74 Å². The van der Waals surface area contributed by atoms with Crippen LogP contribution >= 0.6 is 0 Å². The molecule has 1 aromatic carbocycles. The molecule has 0 saturated carbocycles. The molecule has 0 unspecified atom stereocenters. The largest absolute Gasteiger partial charge is 0.376 e. The van der Waals surface area contributed by atoms with Gasteiger partial charge in [0.1, 0.15) is 0 Å². The second kappa shape index (κ2) is 6.68. The molecule has 0 amide bonds. The van der Waals surface area contributed by atoms with Gasteiger partial charge in [-0.05, 0) is 50.8 Å². The Hall–Kier alpha value is -2.07. The summed E-state index contributed by atoms with van der Waals surface area (Å²) in [5.74, 6) is 0.211. The Kier molecular flexibility index (Phi) is 4.38. The predicted molar refractivity (Wildman–Crippen MR) is 99.6 cm³/mol. The van der Waals surface area contributed by atoms with E-state index < -0.39 is 0 Å². The molecule has 2 aromatic rings. The lowest BCUT2D eigenvalue weighted by Gasteiger charge is -2.18. The number of carbonyl (C=O) groups is 1. The minimum atomic E-state index is 0.211. The van der Waals surface area contributed by atoms with Gasteiger partial charge < -0.3 is 14.2 Å². The van der Waals surface area contributed by atoms with Gasteiger partial charge in [-0.15, -0.1) is 0 Å². The van der Waals surface area contributed by atoms with Crippen molar-refractivity contribution in [1.82, 2.24) is 4.57 Å². The molecule has 132 valence electrons. The molecule has 2 aliphatic rings. The quantitative estimate of drug-likeness (QED) is 0.782. The standard InChI is InChI=1S/C21H26N2O2/c1-15-12-19(16(2)23(15)13-18-7-5-11-25-18)21(24)14-22-10-9-17-6-3-4-8-20(17)22/h3-4,6,8,12,18H,5,7,9-11,13-14H2,1-2H3/t18-/m0/s1. The second-order valence-electron chi connectivity index (χ2n) is 7.25. The van der Waals surface area contributed by atoms with Gasteiger partial charge in [0.05, 0.1) is 12.6 Å². The van der Waals surface area contributed by atoms with Crippen LogP contribution in [-0.2, 0) is 17.7 Å². The highest BCUT2D eigenvalue weighted by molar-refractivity contribution is 6.00. The fourth-order valence-corrected chi connectivity index (χ4v) is 4.19. The van der Waals surface area contributed by atoms with Crippen molar-refractivity contribution in [1.29, 1.82) is 0 Å². The van der Waals surface area contributed by atoms with Gasteiger partial charge in [-0.2, -0.15) is 0 Å². The van der Waals surface area contributed by atoms with Crippen LogP contribution < -0.4 is 4.90 Å². The molecule has 3 heterocycles. The summed E-state index contributed by atoms with van der Waals surface area (Å²) in [7, 11) is 0. The number of ether oxygens (including phenoxy) is 1. The molecule has 4 heteroatoms. The van der Waals surface area contributed by atoms with Gasteiger partial charge in [-0.1, -0.05) is 18.2 Å². The topological polar surface area (TPSA) is 34.5 Å². The predicted octanol–water partition coefficient (Wildman–Crippen LogP) is 3.53. The van der Waals surface area contributed by atoms with E-state index in [1.165, 1.54) is 11.3 Å². The van der Waals surface area contributed by atoms with Crippen LogP contribution in [0.5, 0.6) is 0 Å². The normalized spacial score (nSPS) is 19.4. The van der Waals surface area contributed by atoms with E-state index >= 15 is 0 Å². The summed E-state index contributed by atoms with van der Waals surface area (Å²) in [6.45, 7) is 7.26. The van der Waals surface area contributed by atoms with Crippen molar-refractivity contribution in [3.05, 3.63) is 52.8 Å². The maximum absolute atomic E-state index is 12.9. The van der Waals surface area contributed by atoms with Gasteiger partial charge in [0.25, 0.3) is 0 Å². The van der Waals surface area contributed by atoms with Crippen LogP contribution in [0.3, 0.4) is 0 Å². The van der Waals surface area contributed by atoms with Crippen LogP contribution in [0.15, 0.2) is 30.3 Å². The molecule has 1 atom stereocenters. The van der Waals surface area contributed by atoms with Gasteiger partial charge in [-0.25, -0.2) is 0 Å². The third-order valence-corrected chi connectivity index (χ3v) is 5.60. The summed E-state index contributed by atoms with van der Waals surface area (Å²) in [5.41, 5.74) is 5.65. The molecule has 1 saturated heterocycles. The molecule has 0 bridgehead atoms. The number of hydrogen-bond donors (Lipinski definition) is 0. The number of anilines is 1. The van der Waals surface area contributed by atoms with Crippen LogP contribution in [0.4, 0.5) is 5.69 Å². The Bertz CT molecular complexity index is 787. The zero-order valence-corrected chi connectivity index (χ0v) is 15.1. The summed E-state index contributed by atoms with van der Waals surface area (Å²) in [4.78, 5) is 15.2. The van der Waals surface area contributed by atoms with Crippen LogP contribution in [0.1, 0.15) is 40.2 Å². The third kappa shape index (κ3) is 3.11. The summed E-state index contributed by atoms with van der Waals surface area (Å²) in [5, 5.41) is 0. The molecule has 2 aliphatic heterocycles. The van der Waals surface area contributed by atoms with Crippen LogP contribution in [0.2, 0.25) is 0 Å². The number of rotatable bonds is 5. The second-order valence-corrected chi connectivity index (χ2v) is 7.25. The SMILES string of the molecule is Cc1cc(C(=O)CN2CCc3ccccc32)c(C)n1C[C@@H]1CCCO1. The number of aromatic nitrogens is 1. The first-order valence-electron chi connectivity index (χ1n) is 9.28. The molecule has 0 radical (unpaired) electrons. The third-order valence-electron chi connectivity index (χ3n) is 5.60. The minimum absolute atomic E-state index is 0.211. The first kappa shape index (κ1) is 16.4. The summed E-state index contributed by atoms with van der Waals surface area (Å²) in [6, 6.07) is 10.5. The smallest absolute Gasteiger partial charge is 0.183 e. The van der Waals surface area contributed by atoms with Crippen LogP contribution in [0.25, 0.3) is 0 Å². The van der Waals surface area contributed by atoms with Crippen molar-refractivity contribution in [2.45, 2.75) is 45.8 Å². The molecule has 4 nitrogen and oxygen atoms in total. The van der Waals surface area contributed by atoms with E-state index in [2.05, 4.69) is 53.6 Å². The van der Waals surface area contributed by atoms with Crippen molar-refractivity contribution in [3.8, 4) is 0 Å². The highest BCUT2D eigenvalue weighted by Gasteiger charge is 2.24. The maximum Gasteiger partial charge on any atom is 0.183 e. The molecule has 0 N–H and O–H groups in total. The maximum atomic E-state index is 12.9. The first-order chi connectivity index (χ1) is 12.1. The summed E-state index contributed by atoms with van der Waals surface area (Å²) in [6.07, 6.45) is 3.58. The van der Waals surface area contributed by atoms with Gasteiger partial charge in [0.15, 0.2) is 5.78 Å².